The molecule has 0 unspecified atom stereocenters. The summed E-state index contributed by atoms with van der Waals surface area (Å²) in [4.78, 5) is 43.9. The highest BCUT2D eigenvalue weighted by Gasteiger charge is 2.33. The minimum absolute atomic E-state index is 0.0190. The van der Waals surface area contributed by atoms with Crippen LogP contribution in [0, 0.1) is 10.1 Å². The Kier molecular flexibility index (Phi) is 8.93. The van der Waals surface area contributed by atoms with E-state index in [1.54, 1.807) is 61.4 Å². The zero-order valence-corrected chi connectivity index (χ0v) is 25.6. The van der Waals surface area contributed by atoms with Crippen LogP contribution in [-0.2, 0) is 16.1 Å². The van der Waals surface area contributed by atoms with E-state index < -0.39 is 16.9 Å². The Morgan fingerprint density at radius 2 is 1.86 bits per heavy atom. The summed E-state index contributed by atoms with van der Waals surface area (Å²) in [6.45, 7) is 5.57. The second-order valence-corrected chi connectivity index (χ2v) is 12.0. The number of fused-ring (bicyclic) bond motifs is 1. The van der Waals surface area contributed by atoms with Crippen LogP contribution in [0.4, 0.5) is 5.69 Å². The van der Waals surface area contributed by atoms with E-state index in [1.165, 1.54) is 23.5 Å². The number of hydrogen-bond acceptors (Lipinski definition) is 9. The molecule has 0 saturated carbocycles. The molecule has 0 fully saturated rings. The lowest BCUT2D eigenvalue weighted by atomic mass is 9.96. The van der Waals surface area contributed by atoms with Crippen molar-refractivity contribution in [3.05, 3.63) is 131 Å². The SMILES string of the molecule is CSc1ccc([C@@H]2C(C(=O)OC(C)C)=C(C)N=c3s/c(=C\c4cccc(OCc5ccc([N+](=O)[O-])cc5)c4)c(=O)n32)cc1. The first-order valence-electron chi connectivity index (χ1n) is 13.5. The predicted molar refractivity (Wildman–Crippen MR) is 167 cm³/mol. The van der Waals surface area contributed by atoms with Crippen LogP contribution in [0.1, 0.15) is 43.5 Å². The largest absolute Gasteiger partial charge is 0.489 e. The maximum Gasteiger partial charge on any atom is 0.338 e. The van der Waals surface area contributed by atoms with Crippen LogP contribution in [0.2, 0.25) is 0 Å². The quantitative estimate of drug-likeness (QED) is 0.107. The number of nitro groups is 1. The van der Waals surface area contributed by atoms with E-state index in [-0.39, 0.29) is 24.0 Å². The third-order valence-corrected chi connectivity index (χ3v) is 8.45. The van der Waals surface area contributed by atoms with Crippen LogP contribution in [-0.4, -0.2) is 27.8 Å². The fourth-order valence-corrected chi connectivity index (χ4v) is 6.14. The maximum atomic E-state index is 13.9. The summed E-state index contributed by atoms with van der Waals surface area (Å²) < 4.78 is 13.5. The van der Waals surface area contributed by atoms with Crippen LogP contribution in [0.15, 0.2) is 98.7 Å². The lowest BCUT2D eigenvalue weighted by molar-refractivity contribution is -0.384. The van der Waals surface area contributed by atoms with Crippen molar-refractivity contribution in [2.24, 2.45) is 4.99 Å². The van der Waals surface area contributed by atoms with E-state index in [9.17, 15) is 19.7 Å². The minimum atomic E-state index is -0.683. The van der Waals surface area contributed by atoms with E-state index >= 15 is 0 Å². The van der Waals surface area contributed by atoms with Crippen LogP contribution in [0.3, 0.4) is 0 Å². The van der Waals surface area contributed by atoms with Gasteiger partial charge in [-0.05, 0) is 86.2 Å². The molecule has 0 bridgehead atoms. The number of hydrogen-bond donors (Lipinski definition) is 0. The maximum absolute atomic E-state index is 13.9. The standard InChI is InChI=1S/C32H29N3O6S2/c1-19(2)41-31(37)28-20(3)33-32-34(29(28)23-10-14-26(42-4)15-11-23)30(36)27(43-32)17-22-6-5-7-25(16-22)40-18-21-8-12-24(13-9-21)35(38)39/h5-17,19,29H,18H2,1-4H3/b27-17-/t29-/m1/s1. The third-order valence-electron chi connectivity index (χ3n) is 6.72. The highest BCUT2D eigenvalue weighted by molar-refractivity contribution is 7.98. The average Bonchev–Trinajstić information content (AvgIpc) is 3.29. The second kappa shape index (κ2) is 12.8. The molecule has 9 nitrogen and oxygen atoms in total. The van der Waals surface area contributed by atoms with Crippen molar-refractivity contribution in [1.29, 1.82) is 0 Å². The molecule has 0 aliphatic carbocycles. The number of nitro benzene ring substituents is 1. The summed E-state index contributed by atoms with van der Waals surface area (Å²) in [5, 5.41) is 10.9. The molecule has 3 aromatic carbocycles. The van der Waals surface area contributed by atoms with Crippen LogP contribution < -0.4 is 19.6 Å². The lowest BCUT2D eigenvalue weighted by Crippen LogP contribution is -2.40. The Bertz CT molecular complexity index is 1890. The molecule has 1 atom stereocenters. The van der Waals surface area contributed by atoms with Gasteiger partial charge in [-0.25, -0.2) is 9.79 Å². The van der Waals surface area contributed by atoms with Gasteiger partial charge in [-0.3, -0.25) is 19.5 Å². The first kappa shape index (κ1) is 30.0. The van der Waals surface area contributed by atoms with E-state index in [4.69, 9.17) is 9.47 Å². The number of thioether (sulfide) groups is 1. The van der Waals surface area contributed by atoms with Gasteiger partial charge in [-0.2, -0.15) is 0 Å². The van der Waals surface area contributed by atoms with Gasteiger partial charge < -0.3 is 9.47 Å². The monoisotopic (exact) mass is 615 g/mol. The smallest absolute Gasteiger partial charge is 0.338 e. The van der Waals surface area contributed by atoms with E-state index in [0.717, 1.165) is 21.6 Å². The number of carbonyl (C=O) groups excluding carboxylic acids is 1. The molecule has 1 aliphatic rings. The summed E-state index contributed by atoms with van der Waals surface area (Å²) in [5.41, 5.74) is 2.94. The molecule has 43 heavy (non-hydrogen) atoms. The molecule has 220 valence electrons. The second-order valence-electron chi connectivity index (χ2n) is 10.1. The molecule has 0 N–H and O–H groups in total. The predicted octanol–water partition coefficient (Wildman–Crippen LogP) is 5.40. The van der Waals surface area contributed by atoms with Gasteiger partial charge in [0.2, 0.25) is 0 Å². The van der Waals surface area contributed by atoms with Gasteiger partial charge in [0.05, 0.1) is 32.9 Å². The Labute approximate surface area is 256 Å². The zero-order valence-electron chi connectivity index (χ0n) is 24.0. The lowest BCUT2D eigenvalue weighted by Gasteiger charge is -2.25. The first-order chi connectivity index (χ1) is 20.6. The molecule has 0 radical (unpaired) electrons. The average molecular weight is 616 g/mol. The fourth-order valence-electron chi connectivity index (χ4n) is 4.69. The Hall–Kier alpha value is -4.48. The number of esters is 1. The van der Waals surface area contributed by atoms with E-state index in [0.29, 0.717) is 26.4 Å². The number of carbonyl (C=O) groups is 1. The number of thiazole rings is 1. The first-order valence-corrected chi connectivity index (χ1v) is 15.5. The molecule has 5 rings (SSSR count). The van der Waals surface area contributed by atoms with Gasteiger partial charge in [0, 0.05) is 17.0 Å². The number of ether oxygens (including phenoxy) is 2. The number of benzene rings is 3. The Balaban J connectivity index is 1.50. The van der Waals surface area contributed by atoms with Gasteiger partial charge >= 0.3 is 5.97 Å². The van der Waals surface area contributed by atoms with Gasteiger partial charge in [0.1, 0.15) is 12.4 Å². The van der Waals surface area contributed by atoms with Gasteiger partial charge in [0.15, 0.2) is 4.80 Å². The normalized spacial score (nSPS) is 14.8. The minimum Gasteiger partial charge on any atom is -0.489 e. The summed E-state index contributed by atoms with van der Waals surface area (Å²) in [5.74, 6) is 0.0866. The van der Waals surface area contributed by atoms with Gasteiger partial charge in [-0.15, -0.1) is 11.8 Å². The summed E-state index contributed by atoms with van der Waals surface area (Å²) in [7, 11) is 0. The Morgan fingerprint density at radius 1 is 1.14 bits per heavy atom. The molecule has 0 spiro atoms. The number of non-ortho nitro benzene ring substituents is 1. The summed E-state index contributed by atoms with van der Waals surface area (Å²) >= 11 is 2.87. The molecule has 11 heteroatoms. The van der Waals surface area contributed by atoms with Crippen molar-refractivity contribution in [1.82, 2.24) is 4.57 Å². The topological polar surface area (TPSA) is 113 Å². The third kappa shape index (κ3) is 6.63. The highest BCUT2D eigenvalue weighted by Crippen LogP contribution is 2.32. The zero-order chi connectivity index (χ0) is 30.7. The van der Waals surface area contributed by atoms with Crippen LogP contribution >= 0.6 is 23.1 Å². The van der Waals surface area contributed by atoms with E-state index in [2.05, 4.69) is 4.99 Å². The molecule has 0 saturated heterocycles. The van der Waals surface area contributed by atoms with Crippen molar-refractivity contribution >= 4 is 40.8 Å². The number of rotatable bonds is 9. The summed E-state index contributed by atoms with van der Waals surface area (Å²) in [6.07, 6.45) is 3.44. The molecule has 1 aromatic heterocycles. The molecule has 1 aliphatic heterocycles. The van der Waals surface area contributed by atoms with Crippen molar-refractivity contribution in [3.63, 3.8) is 0 Å². The van der Waals surface area contributed by atoms with Gasteiger partial charge in [-0.1, -0.05) is 35.6 Å². The van der Waals surface area contributed by atoms with Crippen LogP contribution in [0.5, 0.6) is 5.75 Å². The van der Waals surface area contributed by atoms with Crippen molar-refractivity contribution in [2.75, 3.05) is 6.26 Å². The molecule has 2 heterocycles. The van der Waals surface area contributed by atoms with Crippen molar-refractivity contribution in [2.45, 2.75) is 44.4 Å². The highest BCUT2D eigenvalue weighted by atomic mass is 32.2. The molecular weight excluding hydrogens is 587 g/mol. The van der Waals surface area contributed by atoms with Crippen LogP contribution in [0.25, 0.3) is 6.08 Å². The Morgan fingerprint density at radius 3 is 2.51 bits per heavy atom. The molecule has 0 amide bonds. The number of nitrogens with zero attached hydrogens (tertiary/aromatic N) is 3. The van der Waals surface area contributed by atoms with Gasteiger partial charge in [0.25, 0.3) is 11.2 Å². The number of aromatic nitrogens is 1. The van der Waals surface area contributed by atoms with Crippen molar-refractivity contribution in [3.8, 4) is 5.75 Å². The fraction of sp³-hybridized carbons (Fsp3) is 0.219. The van der Waals surface area contributed by atoms with Crippen molar-refractivity contribution < 1.29 is 19.2 Å². The molecule has 4 aromatic rings. The molecular formula is C32H29N3O6S2. The van der Waals surface area contributed by atoms with E-state index in [1.807, 2.05) is 48.7 Å². The number of allylic oxidation sites excluding steroid dienone is 1. The summed E-state index contributed by atoms with van der Waals surface area (Å²) in [6, 6.07) is 20.6.